The van der Waals surface area contributed by atoms with Gasteiger partial charge in [0.15, 0.2) is 0 Å². The third kappa shape index (κ3) is 1.17. The summed E-state index contributed by atoms with van der Waals surface area (Å²) in [6.45, 7) is 0.759. The molecule has 0 spiro atoms. The lowest BCUT2D eigenvalue weighted by Crippen LogP contribution is -2.33. The van der Waals surface area contributed by atoms with Gasteiger partial charge in [-0.2, -0.15) is 0 Å². The minimum absolute atomic E-state index is 0.0300. The number of fused-ring (bicyclic) bond motifs is 1. The predicted molar refractivity (Wildman–Crippen MR) is 47.8 cm³/mol. The van der Waals surface area contributed by atoms with Crippen molar-refractivity contribution in [3.63, 3.8) is 0 Å². The zero-order valence-corrected chi connectivity index (χ0v) is 7.00. The highest BCUT2D eigenvalue weighted by molar-refractivity contribution is 5.53. The van der Waals surface area contributed by atoms with E-state index in [0.29, 0.717) is 0 Å². The smallest absolute Gasteiger partial charge is 0.137 e. The first kappa shape index (κ1) is 7.58. The molecular formula is C9H12N2O. The van der Waals surface area contributed by atoms with Crippen molar-refractivity contribution < 1.29 is 4.74 Å². The first-order valence-corrected chi connectivity index (χ1v) is 4.01. The van der Waals surface area contributed by atoms with E-state index in [1.807, 2.05) is 12.1 Å². The average molecular weight is 164 g/mol. The van der Waals surface area contributed by atoms with Gasteiger partial charge in [0, 0.05) is 18.4 Å². The van der Waals surface area contributed by atoms with E-state index >= 15 is 0 Å². The summed E-state index contributed by atoms with van der Waals surface area (Å²) in [6, 6.07) is 8.15. The normalized spacial score (nSPS) is 21.2. The van der Waals surface area contributed by atoms with Crippen LogP contribution in [0.4, 0.5) is 5.69 Å². The minimum Gasteiger partial charge on any atom is -0.372 e. The van der Waals surface area contributed by atoms with Crippen molar-refractivity contribution in [2.75, 3.05) is 19.1 Å². The predicted octanol–water partition coefficient (Wildman–Crippen LogP) is 1.30. The summed E-state index contributed by atoms with van der Waals surface area (Å²) in [5.41, 5.74) is 2.33. The second kappa shape index (κ2) is 3.13. The molecule has 3 nitrogen and oxygen atoms in total. The molecule has 1 aromatic rings. The highest BCUT2D eigenvalue weighted by Crippen LogP contribution is 2.25. The maximum Gasteiger partial charge on any atom is 0.137 e. The lowest BCUT2D eigenvalue weighted by atomic mass is 10.1. The van der Waals surface area contributed by atoms with E-state index in [-0.39, 0.29) is 6.23 Å². The monoisotopic (exact) mass is 164 g/mol. The molecule has 1 unspecified atom stereocenters. The summed E-state index contributed by atoms with van der Waals surface area (Å²) in [5, 5.41) is 6.43. The van der Waals surface area contributed by atoms with Crippen molar-refractivity contribution in [2.45, 2.75) is 6.23 Å². The van der Waals surface area contributed by atoms with Gasteiger partial charge >= 0.3 is 0 Å². The van der Waals surface area contributed by atoms with Crippen LogP contribution in [0.1, 0.15) is 11.8 Å². The molecule has 1 heterocycles. The molecule has 2 rings (SSSR count). The number of nitrogens with one attached hydrogen (secondary N) is 2. The number of hydrogen-bond acceptors (Lipinski definition) is 3. The van der Waals surface area contributed by atoms with Crippen LogP contribution in [0.5, 0.6) is 0 Å². The molecule has 1 aromatic carbocycles. The van der Waals surface area contributed by atoms with Crippen LogP contribution in [0, 0.1) is 0 Å². The third-order valence-corrected chi connectivity index (χ3v) is 2.05. The fraction of sp³-hybridized carbons (Fsp3) is 0.333. The van der Waals surface area contributed by atoms with Gasteiger partial charge in [0.1, 0.15) is 6.23 Å². The zero-order valence-electron chi connectivity index (χ0n) is 7.00. The van der Waals surface area contributed by atoms with Gasteiger partial charge in [-0.3, -0.25) is 5.32 Å². The van der Waals surface area contributed by atoms with Crippen LogP contribution in [0.15, 0.2) is 24.3 Å². The number of benzene rings is 1. The quantitative estimate of drug-likeness (QED) is 0.656. The Bertz CT molecular complexity index is 275. The number of ether oxygens (including phenoxy) is 1. The Hall–Kier alpha value is -1.06. The lowest BCUT2D eigenvalue weighted by molar-refractivity contribution is 0.0733. The Balaban J connectivity index is 2.37. The van der Waals surface area contributed by atoms with Gasteiger partial charge in [-0.15, -0.1) is 0 Å². The van der Waals surface area contributed by atoms with Crippen molar-refractivity contribution in [1.29, 1.82) is 0 Å². The van der Waals surface area contributed by atoms with E-state index in [0.717, 1.165) is 12.4 Å². The highest BCUT2D eigenvalue weighted by atomic mass is 16.5. The number of anilines is 1. The summed E-state index contributed by atoms with van der Waals surface area (Å²) in [4.78, 5) is 0. The zero-order chi connectivity index (χ0) is 8.39. The van der Waals surface area contributed by atoms with Gasteiger partial charge in [0.05, 0.1) is 6.67 Å². The van der Waals surface area contributed by atoms with E-state index in [1.165, 1.54) is 5.56 Å². The molecule has 0 radical (unpaired) electrons. The molecule has 0 aliphatic carbocycles. The van der Waals surface area contributed by atoms with Crippen LogP contribution in [0.3, 0.4) is 0 Å². The maximum absolute atomic E-state index is 5.27. The van der Waals surface area contributed by atoms with Gasteiger partial charge in [-0.25, -0.2) is 0 Å². The third-order valence-electron chi connectivity index (χ3n) is 2.05. The fourth-order valence-corrected chi connectivity index (χ4v) is 1.45. The van der Waals surface area contributed by atoms with Crippen LogP contribution in [-0.4, -0.2) is 13.8 Å². The molecule has 0 saturated carbocycles. The summed E-state index contributed by atoms with van der Waals surface area (Å²) < 4.78 is 5.27. The van der Waals surface area contributed by atoms with E-state index in [2.05, 4.69) is 22.8 Å². The van der Waals surface area contributed by atoms with Crippen LogP contribution in [0.2, 0.25) is 0 Å². The lowest BCUT2D eigenvalue weighted by Gasteiger charge is -2.26. The Kier molecular flexibility index (Phi) is 1.98. The number of hydrogen-bond donors (Lipinski definition) is 2. The van der Waals surface area contributed by atoms with Gasteiger partial charge < -0.3 is 10.1 Å². The molecule has 12 heavy (non-hydrogen) atoms. The van der Waals surface area contributed by atoms with Crippen LogP contribution < -0.4 is 10.6 Å². The molecule has 3 heteroatoms. The highest BCUT2D eigenvalue weighted by Gasteiger charge is 2.16. The van der Waals surface area contributed by atoms with E-state index < -0.39 is 0 Å². The van der Waals surface area contributed by atoms with Crippen molar-refractivity contribution in [3.05, 3.63) is 29.8 Å². The molecule has 1 aliphatic heterocycles. The van der Waals surface area contributed by atoms with Crippen LogP contribution in [-0.2, 0) is 4.74 Å². The van der Waals surface area contributed by atoms with Gasteiger partial charge in [-0.1, -0.05) is 18.2 Å². The summed E-state index contributed by atoms with van der Waals surface area (Å²) in [5.74, 6) is 0. The standard InChI is InChI=1S/C9H12N2O/c1-12-9-7-4-2-3-5-8(7)10-6-11-9/h2-5,9-11H,6H2,1H3. The Morgan fingerprint density at radius 3 is 3.08 bits per heavy atom. The van der Waals surface area contributed by atoms with Gasteiger partial charge in [0.25, 0.3) is 0 Å². The van der Waals surface area contributed by atoms with Crippen molar-refractivity contribution in [3.8, 4) is 0 Å². The van der Waals surface area contributed by atoms with E-state index in [4.69, 9.17) is 4.74 Å². The molecule has 1 aliphatic rings. The topological polar surface area (TPSA) is 33.3 Å². The molecule has 0 aromatic heterocycles. The van der Waals surface area contributed by atoms with Crippen LogP contribution >= 0.6 is 0 Å². The molecule has 0 bridgehead atoms. The summed E-state index contributed by atoms with van der Waals surface area (Å²) >= 11 is 0. The fourth-order valence-electron chi connectivity index (χ4n) is 1.45. The molecule has 0 amide bonds. The molecule has 0 fully saturated rings. The Morgan fingerprint density at radius 2 is 2.25 bits per heavy atom. The Morgan fingerprint density at radius 1 is 1.42 bits per heavy atom. The maximum atomic E-state index is 5.27. The van der Waals surface area contributed by atoms with Crippen molar-refractivity contribution in [2.24, 2.45) is 0 Å². The Labute approximate surface area is 71.7 Å². The first-order valence-electron chi connectivity index (χ1n) is 4.01. The number of rotatable bonds is 1. The van der Waals surface area contributed by atoms with Crippen molar-refractivity contribution in [1.82, 2.24) is 5.32 Å². The largest absolute Gasteiger partial charge is 0.372 e. The first-order chi connectivity index (χ1) is 5.92. The second-order valence-corrected chi connectivity index (χ2v) is 2.76. The number of methoxy groups -OCH3 is 1. The average Bonchev–Trinajstić information content (AvgIpc) is 2.17. The molecule has 1 atom stereocenters. The van der Waals surface area contributed by atoms with Gasteiger partial charge in [-0.05, 0) is 6.07 Å². The van der Waals surface area contributed by atoms with Gasteiger partial charge in [0.2, 0.25) is 0 Å². The van der Waals surface area contributed by atoms with Crippen LogP contribution in [0.25, 0.3) is 0 Å². The molecule has 0 saturated heterocycles. The number of para-hydroxylation sites is 1. The molecule has 2 N–H and O–H groups in total. The van der Waals surface area contributed by atoms with E-state index in [1.54, 1.807) is 7.11 Å². The SMILES string of the molecule is COC1NCNc2ccccc21. The molecule has 64 valence electrons. The summed E-state index contributed by atoms with van der Waals surface area (Å²) in [7, 11) is 1.71. The second-order valence-electron chi connectivity index (χ2n) is 2.76. The minimum atomic E-state index is 0.0300. The molecular weight excluding hydrogens is 152 g/mol. The van der Waals surface area contributed by atoms with E-state index in [9.17, 15) is 0 Å². The summed E-state index contributed by atoms with van der Waals surface area (Å²) in [6.07, 6.45) is 0.0300. The van der Waals surface area contributed by atoms with Crippen molar-refractivity contribution >= 4 is 5.69 Å².